The molecule has 0 saturated carbocycles. The number of fused-ring (bicyclic) bond motifs is 2. The lowest BCUT2D eigenvalue weighted by molar-refractivity contribution is 0.179. The zero-order chi connectivity index (χ0) is 30.3. The second-order valence-electron chi connectivity index (χ2n) is 7.63. The summed E-state index contributed by atoms with van der Waals surface area (Å²) in [5.41, 5.74) is 2.30. The Morgan fingerprint density at radius 3 is 0.846 bits per heavy atom. The van der Waals surface area contributed by atoms with Gasteiger partial charge in [0.15, 0.2) is 0 Å². The summed E-state index contributed by atoms with van der Waals surface area (Å²) >= 11 is 0. The van der Waals surface area contributed by atoms with Crippen LogP contribution in [0, 0.1) is 0 Å². The van der Waals surface area contributed by atoms with Crippen LogP contribution in [0.2, 0.25) is 0 Å². The van der Waals surface area contributed by atoms with Gasteiger partial charge in [-0.05, 0) is 35.4 Å². The van der Waals surface area contributed by atoms with Crippen LogP contribution >= 0.6 is 0 Å². The Morgan fingerprint density at radius 1 is 0.538 bits per heavy atom. The maximum atomic E-state index is 10.3. The number of rotatable bonds is 4. The molecule has 0 amide bonds. The van der Waals surface area contributed by atoms with Crippen LogP contribution < -0.4 is 5.48 Å². The van der Waals surface area contributed by atoms with Gasteiger partial charge in [0, 0.05) is 6.04 Å². The first-order valence-electron chi connectivity index (χ1n) is 12.7. The van der Waals surface area contributed by atoms with Gasteiger partial charge < -0.3 is 0 Å². The lowest BCUT2D eigenvalue weighted by atomic mass is 10.1. The molecule has 9 heteroatoms. The molecule has 0 saturated heterocycles. The number of benzene rings is 4. The van der Waals surface area contributed by atoms with E-state index < -0.39 is 20.2 Å². The highest BCUT2D eigenvalue weighted by atomic mass is 32.2. The van der Waals surface area contributed by atoms with Crippen LogP contribution in [-0.4, -0.2) is 42.5 Å². The minimum atomic E-state index is -3.33. The molecule has 39 heavy (non-hydrogen) atoms. The van der Waals surface area contributed by atoms with Crippen LogP contribution in [-0.2, 0) is 28.7 Å². The molecule has 4 aromatic rings. The van der Waals surface area contributed by atoms with Crippen LogP contribution in [0.1, 0.15) is 41.5 Å². The van der Waals surface area contributed by atoms with Crippen molar-refractivity contribution in [1.82, 2.24) is 5.48 Å². The van der Waals surface area contributed by atoms with E-state index in [1.807, 2.05) is 27.7 Å². The Balaban J connectivity index is 0. The fraction of sp³-hybridized carbons (Fsp3) is 0.333. The highest BCUT2D eigenvalue weighted by molar-refractivity contribution is 7.86. The SMILES string of the molecule is CC.CC.CC(C)NOS(C)(=O)=O.COS(C)(=O)=O.c1ccc2ccccc2c1.c1ccc2ccccc2c1. The highest BCUT2D eigenvalue weighted by Gasteiger charge is 2.01. The summed E-state index contributed by atoms with van der Waals surface area (Å²) in [5.74, 6) is 0. The molecule has 0 bridgehead atoms. The van der Waals surface area contributed by atoms with Crippen LogP contribution in [0.4, 0.5) is 0 Å². The quantitative estimate of drug-likeness (QED) is 0.202. The van der Waals surface area contributed by atoms with E-state index in [9.17, 15) is 16.8 Å². The summed E-state index contributed by atoms with van der Waals surface area (Å²) in [7, 11) is -5.37. The average Bonchev–Trinajstić information content (AvgIpc) is 2.94. The Bertz CT molecular complexity index is 1170. The predicted molar refractivity (Wildman–Crippen MR) is 167 cm³/mol. The summed E-state index contributed by atoms with van der Waals surface area (Å²) in [6.07, 6.45) is 1.98. The molecule has 0 unspecified atom stereocenters. The molecule has 218 valence electrons. The molecule has 0 fully saturated rings. The van der Waals surface area contributed by atoms with Crippen molar-refractivity contribution in [3.8, 4) is 0 Å². The van der Waals surface area contributed by atoms with Crippen molar-refractivity contribution >= 4 is 41.8 Å². The number of hydrogen-bond acceptors (Lipinski definition) is 7. The van der Waals surface area contributed by atoms with Crippen molar-refractivity contribution in [3.05, 3.63) is 97.1 Å². The molecule has 0 atom stereocenters. The van der Waals surface area contributed by atoms with Crippen LogP contribution in [0.25, 0.3) is 21.5 Å². The molecule has 1 N–H and O–H groups in total. The lowest BCUT2D eigenvalue weighted by Crippen LogP contribution is -2.25. The van der Waals surface area contributed by atoms with E-state index in [2.05, 4.69) is 111 Å². The third kappa shape index (κ3) is 21.8. The van der Waals surface area contributed by atoms with Gasteiger partial charge in [-0.2, -0.15) is 26.6 Å². The van der Waals surface area contributed by atoms with Gasteiger partial charge in [0.1, 0.15) is 0 Å². The van der Waals surface area contributed by atoms with Crippen molar-refractivity contribution in [2.24, 2.45) is 0 Å². The van der Waals surface area contributed by atoms with E-state index in [-0.39, 0.29) is 6.04 Å². The van der Waals surface area contributed by atoms with Crippen LogP contribution in [0.3, 0.4) is 0 Å². The molecule has 0 heterocycles. The van der Waals surface area contributed by atoms with Crippen molar-refractivity contribution in [2.45, 2.75) is 47.6 Å². The average molecular weight is 580 g/mol. The lowest BCUT2D eigenvalue weighted by Gasteiger charge is -2.04. The molecule has 0 aliphatic carbocycles. The third-order valence-corrected chi connectivity index (χ3v) is 5.06. The van der Waals surface area contributed by atoms with Gasteiger partial charge >= 0.3 is 0 Å². The van der Waals surface area contributed by atoms with Crippen molar-refractivity contribution < 1.29 is 25.3 Å². The predicted octanol–water partition coefficient (Wildman–Crippen LogP) is 7.20. The molecular formula is C30H45NO6S2. The van der Waals surface area contributed by atoms with Gasteiger partial charge in [-0.25, -0.2) is 0 Å². The second-order valence-corrected chi connectivity index (χ2v) is 10.9. The summed E-state index contributed by atoms with van der Waals surface area (Å²) in [5, 5.41) is 5.24. The largest absolute Gasteiger partial charge is 0.280 e. The maximum Gasteiger partial charge on any atom is 0.280 e. The van der Waals surface area contributed by atoms with Crippen LogP contribution in [0.15, 0.2) is 97.1 Å². The van der Waals surface area contributed by atoms with Gasteiger partial charge in [0.05, 0.1) is 19.6 Å². The summed E-state index contributed by atoms with van der Waals surface area (Å²) in [6.45, 7) is 11.6. The molecule has 0 aromatic heterocycles. The van der Waals surface area contributed by atoms with Gasteiger partial charge in [-0.1, -0.05) is 125 Å². The topological polar surface area (TPSA) is 98.8 Å². The second kappa shape index (κ2) is 22.0. The van der Waals surface area contributed by atoms with E-state index >= 15 is 0 Å². The van der Waals surface area contributed by atoms with E-state index in [4.69, 9.17) is 0 Å². The first-order valence-corrected chi connectivity index (χ1v) is 16.3. The summed E-state index contributed by atoms with van der Waals surface area (Å²) in [4.78, 5) is 0. The van der Waals surface area contributed by atoms with Crippen molar-refractivity contribution in [1.29, 1.82) is 0 Å². The molecule has 4 aromatic carbocycles. The third-order valence-electron chi connectivity index (χ3n) is 4.06. The van der Waals surface area contributed by atoms with E-state index in [0.717, 1.165) is 19.6 Å². The zero-order valence-electron chi connectivity index (χ0n) is 24.6. The van der Waals surface area contributed by atoms with Crippen molar-refractivity contribution in [2.75, 3.05) is 19.6 Å². The smallest absolute Gasteiger partial charge is 0.274 e. The van der Waals surface area contributed by atoms with Crippen molar-refractivity contribution in [3.63, 3.8) is 0 Å². The number of hydrogen-bond donors (Lipinski definition) is 1. The zero-order valence-corrected chi connectivity index (χ0v) is 26.2. The molecule has 4 rings (SSSR count). The fourth-order valence-electron chi connectivity index (χ4n) is 2.45. The highest BCUT2D eigenvalue weighted by Crippen LogP contribution is 2.12. The van der Waals surface area contributed by atoms with E-state index in [0.29, 0.717) is 0 Å². The molecule has 0 aliphatic heterocycles. The Hall–Kier alpha value is -2.82. The Morgan fingerprint density at radius 2 is 0.744 bits per heavy atom. The van der Waals surface area contributed by atoms with Gasteiger partial charge in [-0.3, -0.25) is 4.18 Å². The number of nitrogens with one attached hydrogen (secondary N) is 1. The molecule has 0 radical (unpaired) electrons. The first-order chi connectivity index (χ1) is 18.4. The molecular weight excluding hydrogens is 534 g/mol. The van der Waals surface area contributed by atoms with E-state index in [1.54, 1.807) is 13.8 Å². The van der Waals surface area contributed by atoms with E-state index in [1.165, 1.54) is 21.5 Å². The van der Waals surface area contributed by atoms with Gasteiger partial charge in [0.25, 0.3) is 20.2 Å². The Labute approximate surface area is 236 Å². The molecule has 7 nitrogen and oxygen atoms in total. The minimum Gasteiger partial charge on any atom is -0.274 e. The summed E-state index contributed by atoms with van der Waals surface area (Å²) < 4.78 is 48.2. The normalized spacial score (nSPS) is 10.1. The summed E-state index contributed by atoms with van der Waals surface area (Å²) in [6, 6.07) is 33.4. The minimum absolute atomic E-state index is 0.0136. The maximum absolute atomic E-state index is 10.3. The monoisotopic (exact) mass is 579 g/mol. The fourth-order valence-corrected chi connectivity index (χ4v) is 2.82. The molecule has 0 aliphatic rings. The standard InChI is InChI=1S/2C10H8.C4H11NO3S.C2H6O3S.2C2H6/c2*1-2-6-10-8-4-3-7-9(10)5-1;1-4(2)5-8-9(3,6)7;1-5-6(2,3)4;2*1-2/h2*1-8H;4-5H,1-3H3;1-2H3;2*1-2H3. The van der Waals surface area contributed by atoms with Crippen LogP contribution in [0.5, 0.6) is 0 Å². The van der Waals surface area contributed by atoms with Gasteiger partial charge in [0.2, 0.25) is 0 Å². The first kappa shape index (κ1) is 38.3. The molecule has 0 spiro atoms. The Kier molecular flexibility index (Phi) is 21.7. The number of hydroxylamine groups is 1. The van der Waals surface area contributed by atoms with Gasteiger partial charge in [-0.15, -0.1) is 0 Å².